The Kier molecular flexibility index (Phi) is 2.37. The number of aromatic nitrogens is 2. The molecule has 1 aliphatic rings. The monoisotopic (exact) mass is 242 g/mol. The summed E-state index contributed by atoms with van der Waals surface area (Å²) in [6.45, 7) is 0.833. The zero-order chi connectivity index (χ0) is 9.26. The highest BCUT2D eigenvalue weighted by molar-refractivity contribution is 9.08. The van der Waals surface area contributed by atoms with Crippen molar-refractivity contribution in [3.63, 3.8) is 0 Å². The molecular formula is C8H11BrN4. The van der Waals surface area contributed by atoms with Crippen LogP contribution >= 0.6 is 15.9 Å². The fraction of sp³-hybridized carbons (Fsp3) is 0.375. The minimum Gasteiger partial charge on any atom is -0.316 e. The smallest absolute Gasteiger partial charge is 0.0749 e. The average molecular weight is 243 g/mol. The number of nitrogens with one attached hydrogen (secondary N) is 1. The maximum atomic E-state index is 4.38. The molecule has 0 saturated carbocycles. The van der Waals surface area contributed by atoms with Crippen LogP contribution in [-0.2, 0) is 5.33 Å². The molecule has 0 fully saturated rings. The summed E-state index contributed by atoms with van der Waals surface area (Å²) in [6.07, 6.45) is 4.01. The first-order valence-corrected chi connectivity index (χ1v) is 5.19. The molecule has 0 aliphatic carbocycles. The van der Waals surface area contributed by atoms with Crippen molar-refractivity contribution in [3.05, 3.63) is 24.2 Å². The molecule has 1 N–H and O–H groups in total. The Morgan fingerprint density at radius 3 is 3.08 bits per heavy atom. The van der Waals surface area contributed by atoms with Crippen LogP contribution in [0.15, 0.2) is 18.5 Å². The molecule has 0 radical (unpaired) electrons. The van der Waals surface area contributed by atoms with Crippen molar-refractivity contribution in [2.75, 3.05) is 13.6 Å². The van der Waals surface area contributed by atoms with Gasteiger partial charge in [-0.3, -0.25) is 0 Å². The Labute approximate surface area is 85.3 Å². The van der Waals surface area contributed by atoms with Gasteiger partial charge in [-0.25, -0.2) is 10.1 Å². The molecule has 0 atom stereocenters. The summed E-state index contributed by atoms with van der Waals surface area (Å²) in [5, 5.41) is 7.12. The van der Waals surface area contributed by atoms with Crippen molar-refractivity contribution in [2.45, 2.75) is 5.33 Å². The van der Waals surface area contributed by atoms with E-state index in [9.17, 15) is 0 Å². The van der Waals surface area contributed by atoms with Crippen LogP contribution in [-0.4, -0.2) is 28.4 Å². The normalized spacial score (nSPS) is 16.5. The number of rotatable bonds is 2. The summed E-state index contributed by atoms with van der Waals surface area (Å²) >= 11 is 3.37. The van der Waals surface area contributed by atoms with Gasteiger partial charge < -0.3 is 5.01 Å². The van der Waals surface area contributed by atoms with Crippen molar-refractivity contribution in [3.8, 4) is 0 Å². The molecular weight excluding hydrogens is 232 g/mol. The van der Waals surface area contributed by atoms with Crippen LogP contribution in [0.25, 0.3) is 5.70 Å². The van der Waals surface area contributed by atoms with E-state index in [0.29, 0.717) is 0 Å². The molecule has 2 heterocycles. The predicted octanol–water partition coefficient (Wildman–Crippen LogP) is 1.03. The van der Waals surface area contributed by atoms with Gasteiger partial charge in [-0.2, -0.15) is 5.10 Å². The molecule has 0 unspecified atom stereocenters. The van der Waals surface area contributed by atoms with E-state index in [4.69, 9.17) is 0 Å². The second kappa shape index (κ2) is 3.51. The number of alkyl halides is 1. The van der Waals surface area contributed by atoms with Crippen LogP contribution in [0.5, 0.6) is 0 Å². The van der Waals surface area contributed by atoms with E-state index in [2.05, 4.69) is 26.5 Å². The van der Waals surface area contributed by atoms with Crippen LogP contribution in [0.1, 0.15) is 5.69 Å². The second-order valence-corrected chi connectivity index (χ2v) is 3.51. The molecule has 13 heavy (non-hydrogen) atoms. The van der Waals surface area contributed by atoms with Gasteiger partial charge in [0.05, 0.1) is 17.9 Å². The summed E-state index contributed by atoms with van der Waals surface area (Å²) in [4.78, 5) is 0. The van der Waals surface area contributed by atoms with Crippen LogP contribution in [0.2, 0.25) is 0 Å². The Bertz CT molecular complexity index is 331. The van der Waals surface area contributed by atoms with Gasteiger partial charge in [0, 0.05) is 24.8 Å². The lowest BCUT2D eigenvalue weighted by molar-refractivity contribution is 0.374. The number of hydrazine groups is 1. The lowest BCUT2D eigenvalue weighted by atomic mass is 10.5. The van der Waals surface area contributed by atoms with Crippen molar-refractivity contribution in [1.29, 1.82) is 0 Å². The van der Waals surface area contributed by atoms with Crippen LogP contribution in [0.3, 0.4) is 0 Å². The van der Waals surface area contributed by atoms with Crippen molar-refractivity contribution < 1.29 is 0 Å². The molecule has 5 heteroatoms. The lowest BCUT2D eigenvalue weighted by Crippen LogP contribution is -2.24. The number of hydrogen-bond acceptors (Lipinski definition) is 3. The Hall–Kier alpha value is -0.810. The zero-order valence-electron chi connectivity index (χ0n) is 7.37. The van der Waals surface area contributed by atoms with Gasteiger partial charge >= 0.3 is 0 Å². The minimum atomic E-state index is 0.802. The molecule has 0 aromatic carbocycles. The van der Waals surface area contributed by atoms with E-state index in [1.807, 2.05) is 35.2 Å². The third-order valence-electron chi connectivity index (χ3n) is 1.93. The van der Waals surface area contributed by atoms with E-state index in [1.165, 1.54) is 0 Å². The number of nitrogens with zero attached hydrogens (tertiary/aromatic N) is 3. The van der Waals surface area contributed by atoms with Gasteiger partial charge in [-0.1, -0.05) is 15.9 Å². The van der Waals surface area contributed by atoms with E-state index < -0.39 is 0 Å². The molecule has 4 nitrogen and oxygen atoms in total. The third kappa shape index (κ3) is 1.76. The zero-order valence-corrected chi connectivity index (χ0v) is 8.95. The first kappa shape index (κ1) is 8.77. The quantitative estimate of drug-likeness (QED) is 0.787. The average Bonchev–Trinajstić information content (AvgIpc) is 2.71. The third-order valence-corrected chi connectivity index (χ3v) is 2.50. The predicted molar refractivity (Wildman–Crippen MR) is 54.9 cm³/mol. The van der Waals surface area contributed by atoms with E-state index in [0.717, 1.165) is 23.3 Å². The van der Waals surface area contributed by atoms with E-state index >= 15 is 0 Å². The van der Waals surface area contributed by atoms with Crippen molar-refractivity contribution in [2.24, 2.45) is 0 Å². The SMILES string of the molecule is CN1C=C(n2ccc(CBr)n2)CN1. The number of hydrogen-bond donors (Lipinski definition) is 1. The molecule has 1 aromatic heterocycles. The van der Waals surface area contributed by atoms with Crippen molar-refractivity contribution >= 4 is 21.6 Å². The molecule has 2 rings (SSSR count). The molecule has 0 amide bonds. The summed E-state index contributed by atoms with van der Waals surface area (Å²) in [7, 11) is 1.97. The second-order valence-electron chi connectivity index (χ2n) is 2.95. The Morgan fingerprint density at radius 2 is 2.54 bits per heavy atom. The first-order valence-electron chi connectivity index (χ1n) is 4.07. The molecule has 1 aromatic rings. The summed E-state index contributed by atoms with van der Waals surface area (Å²) in [6, 6.07) is 2.01. The number of halogens is 1. The van der Waals surface area contributed by atoms with Crippen molar-refractivity contribution in [1.82, 2.24) is 20.2 Å². The highest BCUT2D eigenvalue weighted by atomic mass is 79.9. The van der Waals surface area contributed by atoms with Gasteiger partial charge in [0.2, 0.25) is 0 Å². The Morgan fingerprint density at radius 1 is 1.69 bits per heavy atom. The first-order chi connectivity index (χ1) is 6.29. The molecule has 1 aliphatic heterocycles. The maximum Gasteiger partial charge on any atom is 0.0749 e. The van der Waals surface area contributed by atoms with Gasteiger partial charge in [0.15, 0.2) is 0 Å². The lowest BCUT2D eigenvalue weighted by Gasteiger charge is -2.04. The summed E-state index contributed by atoms with van der Waals surface area (Å²) < 4.78 is 1.90. The van der Waals surface area contributed by atoms with Crippen LogP contribution < -0.4 is 5.43 Å². The van der Waals surface area contributed by atoms with E-state index in [1.54, 1.807) is 0 Å². The van der Waals surface area contributed by atoms with Gasteiger partial charge in [-0.15, -0.1) is 0 Å². The van der Waals surface area contributed by atoms with Gasteiger partial charge in [-0.05, 0) is 6.07 Å². The molecule has 70 valence electrons. The fourth-order valence-corrected chi connectivity index (χ4v) is 1.55. The standard InChI is InChI=1S/C8H11BrN4/c1-12-6-8(5-10-12)13-3-2-7(4-9)11-13/h2-3,6,10H,4-5H2,1H3. The molecule has 0 saturated heterocycles. The van der Waals surface area contributed by atoms with Crippen LogP contribution in [0, 0.1) is 0 Å². The largest absolute Gasteiger partial charge is 0.316 e. The highest BCUT2D eigenvalue weighted by Crippen LogP contribution is 2.10. The maximum absolute atomic E-state index is 4.38. The highest BCUT2D eigenvalue weighted by Gasteiger charge is 2.10. The van der Waals surface area contributed by atoms with Gasteiger partial charge in [0.25, 0.3) is 0 Å². The topological polar surface area (TPSA) is 33.1 Å². The molecule has 0 bridgehead atoms. The fourth-order valence-electron chi connectivity index (χ4n) is 1.25. The van der Waals surface area contributed by atoms with Crippen LogP contribution in [0.4, 0.5) is 0 Å². The Balaban J connectivity index is 2.21. The van der Waals surface area contributed by atoms with Gasteiger partial charge in [0.1, 0.15) is 0 Å². The molecule has 0 spiro atoms. The summed E-state index contributed by atoms with van der Waals surface area (Å²) in [5.74, 6) is 0. The summed E-state index contributed by atoms with van der Waals surface area (Å²) in [5.41, 5.74) is 5.38. The van der Waals surface area contributed by atoms with E-state index in [-0.39, 0.29) is 0 Å². The minimum absolute atomic E-state index is 0.802.